The minimum absolute atomic E-state index is 0.0556. The standard InChI is InChI=1S/C21H19FN8O3S/c1-23-8-9-29-21(26-27-28-29)34-18-7-6-15(30(32)33)11-16(18)20(31)25-19-17(22)10-14(12-24-19)13-4-2-3-5-13/h6-7,10-13H,2-5,8-9H2,(H,24,25,31). The van der Waals surface area contributed by atoms with E-state index in [0.29, 0.717) is 10.1 Å². The topological polar surface area (TPSA) is 133 Å². The summed E-state index contributed by atoms with van der Waals surface area (Å²) in [6.07, 6.45) is 5.72. The minimum atomic E-state index is -0.758. The maximum atomic E-state index is 14.7. The van der Waals surface area contributed by atoms with Crippen LogP contribution in [-0.2, 0) is 6.54 Å². The molecular weight excluding hydrogens is 463 g/mol. The summed E-state index contributed by atoms with van der Waals surface area (Å²) >= 11 is 1.01. The average molecular weight is 483 g/mol. The van der Waals surface area contributed by atoms with Gasteiger partial charge in [-0.3, -0.25) is 14.9 Å². The number of amides is 1. The van der Waals surface area contributed by atoms with Crippen molar-refractivity contribution in [3.05, 3.63) is 68.9 Å². The zero-order valence-corrected chi connectivity index (χ0v) is 18.7. The summed E-state index contributed by atoms with van der Waals surface area (Å²) in [5.74, 6) is -1.41. The first-order chi connectivity index (χ1) is 16.5. The Kier molecular flexibility index (Phi) is 7.07. The van der Waals surface area contributed by atoms with E-state index in [9.17, 15) is 19.3 Å². The molecule has 1 saturated carbocycles. The highest BCUT2D eigenvalue weighted by molar-refractivity contribution is 7.99. The first kappa shape index (κ1) is 23.2. The molecular formula is C21H19FN8O3S. The Hall–Kier alpha value is -3.92. The zero-order chi connectivity index (χ0) is 24.1. The second-order valence-electron chi connectivity index (χ2n) is 7.64. The van der Waals surface area contributed by atoms with Crippen molar-refractivity contribution in [2.75, 3.05) is 11.9 Å². The molecule has 0 unspecified atom stereocenters. The van der Waals surface area contributed by atoms with E-state index < -0.39 is 16.6 Å². The summed E-state index contributed by atoms with van der Waals surface area (Å²) in [7, 11) is 0. The fourth-order valence-corrected chi connectivity index (χ4v) is 4.66. The second kappa shape index (κ2) is 10.3. The molecule has 1 amide bonds. The number of aromatic nitrogens is 5. The number of pyridine rings is 1. The van der Waals surface area contributed by atoms with Gasteiger partial charge in [0.05, 0.1) is 10.5 Å². The van der Waals surface area contributed by atoms with Crippen LogP contribution in [0.5, 0.6) is 0 Å². The molecule has 0 saturated heterocycles. The van der Waals surface area contributed by atoms with Crippen LogP contribution >= 0.6 is 11.8 Å². The number of carbonyl (C=O) groups is 1. The lowest BCUT2D eigenvalue weighted by Crippen LogP contribution is -2.16. The van der Waals surface area contributed by atoms with Gasteiger partial charge in [-0.1, -0.05) is 12.8 Å². The number of carbonyl (C=O) groups excluding carboxylic acids is 1. The molecule has 3 aromatic rings. The summed E-state index contributed by atoms with van der Waals surface area (Å²) in [6, 6.07) is 5.14. The lowest BCUT2D eigenvalue weighted by atomic mass is 9.99. The third kappa shape index (κ3) is 5.18. The van der Waals surface area contributed by atoms with Gasteiger partial charge in [0.1, 0.15) is 6.54 Å². The zero-order valence-electron chi connectivity index (χ0n) is 17.8. The number of tetrazole rings is 1. The van der Waals surface area contributed by atoms with E-state index in [0.717, 1.165) is 49.1 Å². The molecule has 0 aliphatic heterocycles. The van der Waals surface area contributed by atoms with Crippen molar-refractivity contribution in [2.24, 2.45) is 0 Å². The molecule has 1 fully saturated rings. The lowest BCUT2D eigenvalue weighted by Gasteiger charge is -2.12. The second-order valence-corrected chi connectivity index (χ2v) is 8.65. The maximum absolute atomic E-state index is 14.7. The first-order valence-electron chi connectivity index (χ1n) is 10.5. The summed E-state index contributed by atoms with van der Waals surface area (Å²) in [5.41, 5.74) is 0.443. The molecule has 1 N–H and O–H groups in total. The van der Waals surface area contributed by atoms with Crippen molar-refractivity contribution in [3.63, 3.8) is 0 Å². The van der Waals surface area contributed by atoms with Crippen LogP contribution in [0.15, 0.2) is 40.5 Å². The van der Waals surface area contributed by atoms with Crippen LogP contribution in [0.2, 0.25) is 0 Å². The maximum Gasteiger partial charge on any atom is 0.270 e. The van der Waals surface area contributed by atoms with Gasteiger partial charge in [-0.05, 0) is 58.6 Å². The van der Waals surface area contributed by atoms with Crippen molar-refractivity contribution >= 4 is 29.2 Å². The third-order valence-corrected chi connectivity index (χ3v) is 6.51. The fraction of sp³-hybridized carbons (Fsp3) is 0.333. The molecule has 34 heavy (non-hydrogen) atoms. The van der Waals surface area contributed by atoms with Crippen LogP contribution in [0.25, 0.3) is 4.85 Å². The SMILES string of the molecule is [C-]#[N+]CCn1nnnc1Sc1ccc([N+](=O)[O-])cc1C(=O)Nc1ncc(C2CCCC2)cc1F. The molecule has 1 aromatic carbocycles. The summed E-state index contributed by atoms with van der Waals surface area (Å²) < 4.78 is 16.1. The third-order valence-electron chi connectivity index (χ3n) is 5.46. The Balaban J connectivity index is 1.60. The smallest absolute Gasteiger partial charge is 0.270 e. The van der Waals surface area contributed by atoms with Crippen LogP contribution in [0.3, 0.4) is 0 Å². The summed E-state index contributed by atoms with van der Waals surface area (Å²) in [5, 5.41) is 25.3. The highest BCUT2D eigenvalue weighted by atomic mass is 32.2. The Morgan fingerprint density at radius 1 is 1.35 bits per heavy atom. The average Bonchev–Trinajstić information content (AvgIpc) is 3.51. The van der Waals surface area contributed by atoms with Crippen LogP contribution in [0.1, 0.15) is 47.5 Å². The van der Waals surface area contributed by atoms with Crippen LogP contribution in [0, 0.1) is 22.5 Å². The first-order valence-corrected chi connectivity index (χ1v) is 11.3. The van der Waals surface area contributed by atoms with E-state index in [1.807, 2.05) is 0 Å². The Morgan fingerprint density at radius 2 is 2.15 bits per heavy atom. The predicted octanol–water partition coefficient (Wildman–Crippen LogP) is 4.10. The van der Waals surface area contributed by atoms with E-state index in [1.165, 1.54) is 22.9 Å². The molecule has 0 bridgehead atoms. The molecule has 1 aliphatic carbocycles. The normalized spacial score (nSPS) is 13.5. The van der Waals surface area contributed by atoms with Gasteiger partial charge >= 0.3 is 0 Å². The molecule has 13 heteroatoms. The molecule has 0 spiro atoms. The predicted molar refractivity (Wildman–Crippen MR) is 120 cm³/mol. The Labute approximate surface area is 197 Å². The molecule has 0 atom stereocenters. The summed E-state index contributed by atoms with van der Waals surface area (Å²) in [4.78, 5) is 31.4. The van der Waals surface area contributed by atoms with Crippen molar-refractivity contribution in [3.8, 4) is 0 Å². The van der Waals surface area contributed by atoms with Gasteiger partial charge in [0.25, 0.3) is 11.6 Å². The fourth-order valence-electron chi connectivity index (χ4n) is 3.75. The number of hydrogen-bond donors (Lipinski definition) is 1. The van der Waals surface area contributed by atoms with Crippen molar-refractivity contribution in [1.29, 1.82) is 0 Å². The van der Waals surface area contributed by atoms with Gasteiger partial charge in [0, 0.05) is 23.2 Å². The number of halogens is 1. The van der Waals surface area contributed by atoms with Crippen molar-refractivity contribution in [2.45, 2.75) is 48.2 Å². The molecule has 2 heterocycles. The molecule has 174 valence electrons. The number of nitro benzene ring substituents is 1. The van der Waals surface area contributed by atoms with E-state index in [4.69, 9.17) is 6.57 Å². The monoisotopic (exact) mass is 482 g/mol. The highest BCUT2D eigenvalue weighted by Crippen LogP contribution is 2.35. The number of anilines is 1. The Morgan fingerprint density at radius 3 is 2.85 bits per heavy atom. The summed E-state index contributed by atoms with van der Waals surface area (Å²) in [6.45, 7) is 7.33. The number of non-ortho nitro benzene ring substituents is 1. The van der Waals surface area contributed by atoms with Crippen LogP contribution in [0.4, 0.5) is 15.9 Å². The number of nitro groups is 1. The van der Waals surface area contributed by atoms with E-state index >= 15 is 0 Å². The van der Waals surface area contributed by atoms with Crippen LogP contribution < -0.4 is 5.32 Å². The van der Waals surface area contributed by atoms with Gasteiger partial charge in [-0.25, -0.2) is 20.6 Å². The minimum Gasteiger partial charge on any atom is -0.315 e. The van der Waals surface area contributed by atoms with Gasteiger partial charge in [-0.15, -0.1) is 5.10 Å². The van der Waals surface area contributed by atoms with E-state index in [2.05, 4.69) is 30.7 Å². The molecule has 11 nitrogen and oxygen atoms in total. The quantitative estimate of drug-likeness (QED) is 0.288. The molecule has 4 rings (SSSR count). The van der Waals surface area contributed by atoms with Gasteiger partial charge in [-0.2, -0.15) is 0 Å². The van der Waals surface area contributed by atoms with E-state index in [-0.39, 0.29) is 36.1 Å². The number of nitrogens with zero attached hydrogens (tertiary/aromatic N) is 7. The van der Waals surface area contributed by atoms with Crippen molar-refractivity contribution < 1.29 is 14.1 Å². The van der Waals surface area contributed by atoms with Crippen LogP contribution in [-0.4, -0.2) is 42.6 Å². The number of nitrogens with one attached hydrogen (secondary N) is 1. The van der Waals surface area contributed by atoms with Gasteiger partial charge < -0.3 is 10.2 Å². The number of benzene rings is 1. The van der Waals surface area contributed by atoms with Gasteiger partial charge in [0.2, 0.25) is 11.7 Å². The largest absolute Gasteiger partial charge is 0.315 e. The molecule has 2 aromatic heterocycles. The highest BCUT2D eigenvalue weighted by Gasteiger charge is 2.23. The number of rotatable bonds is 8. The Bertz CT molecular complexity index is 1270. The molecule has 0 radical (unpaired) electrons. The van der Waals surface area contributed by atoms with Crippen molar-refractivity contribution in [1.82, 2.24) is 25.2 Å². The lowest BCUT2D eigenvalue weighted by molar-refractivity contribution is -0.384. The van der Waals surface area contributed by atoms with E-state index in [1.54, 1.807) is 6.20 Å². The van der Waals surface area contributed by atoms with Gasteiger partial charge in [0.15, 0.2) is 11.6 Å². The number of hydrogen-bond acceptors (Lipinski definition) is 8. The molecule has 1 aliphatic rings.